The quantitative estimate of drug-likeness (QED) is 0.440. The minimum Gasteiger partial charge on any atom is -0.496 e. The van der Waals surface area contributed by atoms with Gasteiger partial charge in [0.1, 0.15) is 31.0 Å². The number of amides is 1. The van der Waals surface area contributed by atoms with E-state index in [4.69, 9.17) is 9.57 Å². The van der Waals surface area contributed by atoms with E-state index in [0.29, 0.717) is 16.8 Å². The molecule has 0 aliphatic rings. The number of carbonyl (C=O) groups is 1. The van der Waals surface area contributed by atoms with Gasteiger partial charge in [-0.05, 0) is 35.9 Å². The van der Waals surface area contributed by atoms with Crippen molar-refractivity contribution in [3.8, 4) is 22.6 Å². The molecule has 168 valence electrons. The third-order valence-corrected chi connectivity index (χ3v) is 4.46. The number of alkyl halides is 3. The second kappa shape index (κ2) is 9.54. The van der Waals surface area contributed by atoms with Crippen LogP contribution >= 0.6 is 0 Å². The van der Waals surface area contributed by atoms with Gasteiger partial charge >= 0.3 is 6.36 Å². The van der Waals surface area contributed by atoms with E-state index in [1.807, 2.05) is 0 Å². The standard InChI is InChI=1S/C22H18F4N2O4/c1-30-20-12-16(32-22(24,25)26)7-8-17(20)14-6-9-19(23)18(11-14)21(29)27-13-15-5-3-4-10-28(15)31-2/h3-12H,13H2,1-2H3/p+1. The second-order valence-corrected chi connectivity index (χ2v) is 6.49. The molecule has 1 heterocycles. The number of rotatable bonds is 7. The van der Waals surface area contributed by atoms with Crippen LogP contribution < -0.4 is 24.4 Å². The first-order valence-electron chi connectivity index (χ1n) is 9.28. The first-order valence-corrected chi connectivity index (χ1v) is 9.28. The predicted octanol–water partition coefficient (Wildman–Crippen LogP) is 3.68. The Balaban J connectivity index is 1.86. The van der Waals surface area contributed by atoms with Crippen LogP contribution in [0.2, 0.25) is 0 Å². The molecule has 0 saturated carbocycles. The van der Waals surface area contributed by atoms with Crippen molar-refractivity contribution in [2.24, 2.45) is 0 Å². The fraction of sp³-hybridized carbons (Fsp3) is 0.182. The molecule has 6 nitrogen and oxygen atoms in total. The van der Waals surface area contributed by atoms with Gasteiger partial charge in [-0.25, -0.2) is 4.39 Å². The first-order chi connectivity index (χ1) is 15.2. The van der Waals surface area contributed by atoms with Gasteiger partial charge in [0.25, 0.3) is 11.6 Å². The topological polar surface area (TPSA) is 60.7 Å². The van der Waals surface area contributed by atoms with Gasteiger partial charge in [0, 0.05) is 28.5 Å². The summed E-state index contributed by atoms with van der Waals surface area (Å²) in [4.78, 5) is 17.8. The van der Waals surface area contributed by atoms with Gasteiger partial charge in [-0.3, -0.25) is 9.63 Å². The average molecular weight is 451 g/mol. The summed E-state index contributed by atoms with van der Waals surface area (Å²) >= 11 is 0. The third-order valence-electron chi connectivity index (χ3n) is 4.46. The monoisotopic (exact) mass is 451 g/mol. The molecular formula is C22H19F4N2O4+. The largest absolute Gasteiger partial charge is 0.573 e. The van der Waals surface area contributed by atoms with Gasteiger partial charge in [0.05, 0.1) is 12.7 Å². The number of pyridine rings is 1. The molecule has 1 N–H and O–H groups in total. The lowest BCUT2D eigenvalue weighted by atomic mass is 10.0. The maximum Gasteiger partial charge on any atom is 0.573 e. The number of halogens is 4. The maximum absolute atomic E-state index is 14.4. The molecular weight excluding hydrogens is 432 g/mol. The predicted molar refractivity (Wildman–Crippen MR) is 105 cm³/mol. The zero-order valence-electron chi connectivity index (χ0n) is 17.1. The molecule has 0 aliphatic carbocycles. The Kier molecular flexibility index (Phi) is 6.82. The Morgan fingerprint density at radius 1 is 1.06 bits per heavy atom. The Labute approximate surface area is 180 Å². The van der Waals surface area contributed by atoms with Crippen molar-refractivity contribution in [2.75, 3.05) is 14.2 Å². The highest BCUT2D eigenvalue weighted by molar-refractivity contribution is 5.96. The summed E-state index contributed by atoms with van der Waals surface area (Å²) in [5.74, 6) is -1.83. The summed E-state index contributed by atoms with van der Waals surface area (Å²) < 4.78 is 62.3. The SMILES string of the molecule is COc1cc(OC(F)(F)F)ccc1-c1ccc(F)c(C(=O)NCc2cccc[n+]2OC)c1. The maximum atomic E-state index is 14.4. The van der Waals surface area contributed by atoms with Crippen LogP contribution in [0.5, 0.6) is 11.5 Å². The molecule has 32 heavy (non-hydrogen) atoms. The zero-order chi connectivity index (χ0) is 23.3. The minimum absolute atomic E-state index is 0.0649. The highest BCUT2D eigenvalue weighted by Gasteiger charge is 2.31. The van der Waals surface area contributed by atoms with Crippen molar-refractivity contribution in [2.45, 2.75) is 12.9 Å². The summed E-state index contributed by atoms with van der Waals surface area (Å²) in [6.45, 7) is 0.0734. The van der Waals surface area contributed by atoms with Crippen molar-refractivity contribution in [1.82, 2.24) is 5.32 Å². The van der Waals surface area contributed by atoms with Gasteiger partial charge in [0.15, 0.2) is 0 Å². The van der Waals surface area contributed by atoms with E-state index >= 15 is 0 Å². The molecule has 0 bridgehead atoms. The van der Waals surface area contributed by atoms with E-state index < -0.39 is 23.8 Å². The summed E-state index contributed by atoms with van der Waals surface area (Å²) in [6.07, 6.45) is -3.20. The number of ether oxygens (including phenoxy) is 2. The lowest BCUT2D eigenvalue weighted by molar-refractivity contribution is -0.890. The fourth-order valence-corrected chi connectivity index (χ4v) is 3.02. The summed E-state index contributed by atoms with van der Waals surface area (Å²) in [6, 6.07) is 12.5. The van der Waals surface area contributed by atoms with Crippen LogP contribution in [0.15, 0.2) is 60.8 Å². The number of benzene rings is 2. The van der Waals surface area contributed by atoms with Gasteiger partial charge in [-0.15, -0.1) is 13.2 Å². The Bertz CT molecular complexity index is 1120. The molecule has 1 aromatic heterocycles. The molecule has 2 aromatic carbocycles. The number of aromatic nitrogens is 1. The van der Waals surface area contributed by atoms with Crippen LogP contribution in [-0.4, -0.2) is 26.5 Å². The summed E-state index contributed by atoms with van der Waals surface area (Å²) in [7, 11) is 2.74. The summed E-state index contributed by atoms with van der Waals surface area (Å²) in [5, 5.41) is 2.62. The van der Waals surface area contributed by atoms with E-state index in [9.17, 15) is 22.4 Å². The molecule has 0 spiro atoms. The lowest BCUT2D eigenvalue weighted by Gasteiger charge is -2.14. The molecule has 3 rings (SSSR count). The van der Waals surface area contributed by atoms with Crippen LogP contribution in [0.3, 0.4) is 0 Å². The number of nitrogens with zero attached hydrogens (tertiary/aromatic N) is 1. The molecule has 10 heteroatoms. The number of carbonyl (C=O) groups excluding carboxylic acids is 1. The molecule has 0 atom stereocenters. The van der Waals surface area contributed by atoms with Crippen LogP contribution in [0.4, 0.5) is 17.6 Å². The second-order valence-electron chi connectivity index (χ2n) is 6.49. The average Bonchev–Trinajstić information content (AvgIpc) is 2.77. The van der Waals surface area contributed by atoms with Crippen molar-refractivity contribution < 1.29 is 41.4 Å². The molecule has 0 radical (unpaired) electrons. The van der Waals surface area contributed by atoms with Crippen LogP contribution in [-0.2, 0) is 6.54 Å². The molecule has 0 saturated heterocycles. The van der Waals surface area contributed by atoms with Crippen molar-refractivity contribution in [1.29, 1.82) is 0 Å². The third kappa shape index (κ3) is 5.45. The number of hydrogen-bond donors (Lipinski definition) is 1. The highest BCUT2D eigenvalue weighted by atomic mass is 19.4. The fourth-order valence-electron chi connectivity index (χ4n) is 3.02. The van der Waals surface area contributed by atoms with Crippen molar-refractivity contribution in [3.05, 3.63) is 77.9 Å². The van der Waals surface area contributed by atoms with Crippen molar-refractivity contribution >= 4 is 5.91 Å². The Morgan fingerprint density at radius 3 is 2.53 bits per heavy atom. The van der Waals surface area contributed by atoms with Gasteiger partial charge < -0.3 is 14.8 Å². The van der Waals surface area contributed by atoms with E-state index in [-0.39, 0.29) is 17.9 Å². The zero-order valence-corrected chi connectivity index (χ0v) is 17.1. The van der Waals surface area contributed by atoms with Crippen LogP contribution in [0.1, 0.15) is 16.1 Å². The summed E-state index contributed by atoms with van der Waals surface area (Å²) in [5.41, 5.74) is 1.12. The lowest BCUT2D eigenvalue weighted by Crippen LogP contribution is -2.45. The number of hydrogen-bond acceptors (Lipinski definition) is 4. The van der Waals surface area contributed by atoms with Gasteiger partial charge in [-0.2, -0.15) is 0 Å². The molecule has 0 unspecified atom stereocenters. The highest BCUT2D eigenvalue weighted by Crippen LogP contribution is 2.35. The van der Waals surface area contributed by atoms with E-state index in [0.717, 1.165) is 18.2 Å². The van der Waals surface area contributed by atoms with Gasteiger partial charge in [0.2, 0.25) is 6.20 Å². The van der Waals surface area contributed by atoms with E-state index in [2.05, 4.69) is 10.1 Å². The van der Waals surface area contributed by atoms with E-state index in [1.165, 1.54) is 37.1 Å². The van der Waals surface area contributed by atoms with Crippen LogP contribution in [0.25, 0.3) is 11.1 Å². The number of nitrogens with one attached hydrogen (secondary N) is 1. The van der Waals surface area contributed by atoms with Crippen LogP contribution in [0, 0.1) is 5.82 Å². The normalized spacial score (nSPS) is 11.1. The smallest absolute Gasteiger partial charge is 0.496 e. The molecule has 0 aliphatic heterocycles. The van der Waals surface area contributed by atoms with E-state index in [1.54, 1.807) is 24.4 Å². The molecule has 0 fully saturated rings. The number of methoxy groups -OCH3 is 1. The van der Waals surface area contributed by atoms with Gasteiger partial charge in [-0.1, -0.05) is 6.07 Å². The first kappa shape index (κ1) is 22.9. The minimum atomic E-state index is -4.85. The molecule has 1 amide bonds. The Morgan fingerprint density at radius 2 is 1.84 bits per heavy atom. The molecule has 3 aromatic rings. The Hall–Kier alpha value is -3.82. The van der Waals surface area contributed by atoms with Crippen molar-refractivity contribution in [3.63, 3.8) is 0 Å².